The molecule has 1 aromatic carbocycles. The van der Waals surface area contributed by atoms with E-state index in [9.17, 15) is 9.59 Å². The Bertz CT molecular complexity index is 1040. The van der Waals surface area contributed by atoms with Gasteiger partial charge >= 0.3 is 5.97 Å². The Labute approximate surface area is 181 Å². The fourth-order valence-electron chi connectivity index (χ4n) is 3.19. The van der Waals surface area contributed by atoms with Crippen LogP contribution in [-0.2, 0) is 22.4 Å². The second kappa shape index (κ2) is 8.65. The predicted molar refractivity (Wildman–Crippen MR) is 117 cm³/mol. The van der Waals surface area contributed by atoms with Gasteiger partial charge in [-0.1, -0.05) is 29.8 Å². The molecule has 0 bridgehead atoms. The highest BCUT2D eigenvalue weighted by Crippen LogP contribution is 2.31. The van der Waals surface area contributed by atoms with Gasteiger partial charge in [0.2, 0.25) is 0 Å². The zero-order valence-electron chi connectivity index (χ0n) is 15.7. The summed E-state index contributed by atoms with van der Waals surface area (Å²) in [4.78, 5) is 31.1. The van der Waals surface area contributed by atoms with Crippen molar-refractivity contribution in [3.63, 3.8) is 0 Å². The van der Waals surface area contributed by atoms with E-state index in [1.165, 1.54) is 33.1 Å². The molecule has 1 amide bonds. The van der Waals surface area contributed by atoms with Crippen LogP contribution in [0.4, 0.5) is 5.13 Å². The Hall–Kier alpha value is -2.22. The number of nitrogens with one attached hydrogen (secondary N) is 1. The van der Waals surface area contributed by atoms with E-state index in [2.05, 4.69) is 10.3 Å². The number of hydrogen-bond donors (Lipinski definition) is 1. The Morgan fingerprint density at radius 2 is 2.03 bits per heavy atom. The lowest BCUT2D eigenvalue weighted by atomic mass is 9.99. The van der Waals surface area contributed by atoms with Gasteiger partial charge in [-0.2, -0.15) is 0 Å². The molecule has 5 nitrogen and oxygen atoms in total. The van der Waals surface area contributed by atoms with Crippen molar-refractivity contribution in [2.24, 2.45) is 0 Å². The molecule has 1 N–H and O–H groups in total. The second-order valence-electron chi connectivity index (χ2n) is 6.82. The molecule has 8 heteroatoms. The number of thiazole rings is 1. The van der Waals surface area contributed by atoms with E-state index in [4.69, 9.17) is 16.3 Å². The summed E-state index contributed by atoms with van der Waals surface area (Å²) in [5.41, 5.74) is 2.72. The van der Waals surface area contributed by atoms with E-state index in [1.54, 1.807) is 13.0 Å². The van der Waals surface area contributed by atoms with Crippen LogP contribution >= 0.6 is 34.3 Å². The first-order valence-corrected chi connectivity index (χ1v) is 11.4. The summed E-state index contributed by atoms with van der Waals surface area (Å²) in [5.74, 6) is -0.873. The van der Waals surface area contributed by atoms with Crippen molar-refractivity contribution in [1.29, 1.82) is 0 Å². The van der Waals surface area contributed by atoms with E-state index in [-0.39, 0.29) is 0 Å². The van der Waals surface area contributed by atoms with Crippen molar-refractivity contribution in [1.82, 2.24) is 4.98 Å². The van der Waals surface area contributed by atoms with Gasteiger partial charge in [-0.05, 0) is 50.3 Å². The summed E-state index contributed by atoms with van der Waals surface area (Å²) in [5, 5.41) is 5.56. The number of carbonyl (C=O) groups excluding carboxylic acids is 2. The van der Waals surface area contributed by atoms with Crippen LogP contribution in [0.5, 0.6) is 0 Å². The summed E-state index contributed by atoms with van der Waals surface area (Å²) >= 11 is 8.96. The van der Waals surface area contributed by atoms with Crippen LogP contribution in [-0.4, -0.2) is 23.0 Å². The number of hydrogen-bond acceptors (Lipinski definition) is 6. The lowest BCUT2D eigenvalue weighted by molar-refractivity contribution is -0.123. The smallest absolute Gasteiger partial charge is 0.349 e. The Kier molecular flexibility index (Phi) is 5.99. The van der Waals surface area contributed by atoms with E-state index in [0.717, 1.165) is 31.2 Å². The van der Waals surface area contributed by atoms with Crippen molar-refractivity contribution in [3.05, 3.63) is 56.1 Å². The van der Waals surface area contributed by atoms with Crippen LogP contribution in [0, 0.1) is 0 Å². The molecule has 0 saturated carbocycles. The summed E-state index contributed by atoms with van der Waals surface area (Å²) in [6, 6.07) is 9.29. The Morgan fingerprint density at radius 3 is 2.83 bits per heavy atom. The molecule has 1 aliphatic carbocycles. The molecule has 0 radical (unpaired) electrons. The topological polar surface area (TPSA) is 68.3 Å². The number of aromatic nitrogens is 1. The second-order valence-corrected chi connectivity index (χ2v) is 9.22. The van der Waals surface area contributed by atoms with Gasteiger partial charge in [0.15, 0.2) is 11.2 Å². The molecule has 0 saturated heterocycles. The van der Waals surface area contributed by atoms with Crippen molar-refractivity contribution in [3.8, 4) is 11.3 Å². The molecule has 0 spiro atoms. The van der Waals surface area contributed by atoms with Crippen LogP contribution in [0.1, 0.15) is 39.9 Å². The van der Waals surface area contributed by atoms with E-state index < -0.39 is 18.0 Å². The number of carbonyl (C=O) groups is 2. The average molecular weight is 447 g/mol. The Morgan fingerprint density at radius 1 is 1.24 bits per heavy atom. The number of benzene rings is 1. The first kappa shape index (κ1) is 20.1. The largest absolute Gasteiger partial charge is 0.448 e. The molecular weight excluding hydrogens is 428 g/mol. The Balaban J connectivity index is 1.38. The van der Waals surface area contributed by atoms with Gasteiger partial charge in [0.25, 0.3) is 5.91 Å². The molecule has 2 aromatic heterocycles. The fraction of sp³-hybridized carbons (Fsp3) is 0.286. The highest BCUT2D eigenvalue weighted by atomic mass is 35.5. The van der Waals surface area contributed by atoms with Crippen LogP contribution in [0.25, 0.3) is 11.3 Å². The van der Waals surface area contributed by atoms with Crippen LogP contribution in [0.15, 0.2) is 35.7 Å². The molecule has 4 rings (SSSR count). The minimum Gasteiger partial charge on any atom is -0.448 e. The summed E-state index contributed by atoms with van der Waals surface area (Å²) < 4.78 is 5.37. The maximum absolute atomic E-state index is 12.4. The van der Waals surface area contributed by atoms with Gasteiger partial charge in [0, 0.05) is 20.8 Å². The third kappa shape index (κ3) is 4.52. The monoisotopic (exact) mass is 446 g/mol. The third-order valence-electron chi connectivity index (χ3n) is 4.73. The summed E-state index contributed by atoms with van der Waals surface area (Å²) in [6.45, 7) is 1.56. The molecular formula is C21H19ClN2O3S2. The van der Waals surface area contributed by atoms with E-state index >= 15 is 0 Å². The van der Waals surface area contributed by atoms with Gasteiger partial charge in [-0.15, -0.1) is 22.7 Å². The number of esters is 1. The van der Waals surface area contributed by atoms with Crippen LogP contribution in [0.2, 0.25) is 5.02 Å². The van der Waals surface area contributed by atoms with Gasteiger partial charge in [-0.3, -0.25) is 10.1 Å². The zero-order valence-corrected chi connectivity index (χ0v) is 18.1. The summed E-state index contributed by atoms with van der Waals surface area (Å²) in [6.07, 6.45) is 3.41. The van der Waals surface area contributed by atoms with Crippen molar-refractivity contribution in [2.45, 2.75) is 38.7 Å². The number of ether oxygens (including phenoxy) is 1. The lowest BCUT2D eigenvalue weighted by Gasteiger charge is -2.11. The maximum Gasteiger partial charge on any atom is 0.349 e. The maximum atomic E-state index is 12.4. The van der Waals surface area contributed by atoms with Gasteiger partial charge in [0.1, 0.15) is 4.88 Å². The summed E-state index contributed by atoms with van der Waals surface area (Å²) in [7, 11) is 0. The molecule has 3 aromatic rings. The number of amides is 1. The van der Waals surface area contributed by atoms with Crippen molar-refractivity contribution < 1.29 is 14.3 Å². The van der Waals surface area contributed by atoms with Crippen molar-refractivity contribution in [2.75, 3.05) is 5.32 Å². The van der Waals surface area contributed by atoms with Crippen molar-refractivity contribution >= 4 is 51.3 Å². The molecule has 0 fully saturated rings. The minimum atomic E-state index is -0.922. The fourth-order valence-corrected chi connectivity index (χ4v) is 5.28. The van der Waals surface area contributed by atoms with Crippen LogP contribution in [0.3, 0.4) is 0 Å². The number of rotatable bonds is 5. The number of thiophene rings is 1. The quantitative estimate of drug-likeness (QED) is 0.519. The molecule has 0 aliphatic heterocycles. The zero-order chi connectivity index (χ0) is 20.4. The van der Waals surface area contributed by atoms with Crippen LogP contribution < -0.4 is 5.32 Å². The van der Waals surface area contributed by atoms with Gasteiger partial charge < -0.3 is 4.74 Å². The lowest BCUT2D eigenvalue weighted by Crippen LogP contribution is -2.29. The van der Waals surface area contributed by atoms with E-state index in [0.29, 0.717) is 20.7 Å². The molecule has 29 heavy (non-hydrogen) atoms. The molecule has 150 valence electrons. The number of anilines is 1. The average Bonchev–Trinajstić information content (AvgIpc) is 3.35. The molecule has 1 aliphatic rings. The van der Waals surface area contributed by atoms with Gasteiger partial charge in [0.05, 0.1) is 5.69 Å². The first-order chi connectivity index (χ1) is 14.0. The first-order valence-electron chi connectivity index (χ1n) is 9.35. The number of aryl methyl sites for hydroxylation is 2. The van der Waals surface area contributed by atoms with Gasteiger partial charge in [-0.25, -0.2) is 9.78 Å². The molecule has 1 atom stereocenters. The molecule has 1 unspecified atom stereocenters. The normalized spacial score (nSPS) is 14.1. The third-order valence-corrected chi connectivity index (χ3v) is 7.04. The van der Waals surface area contributed by atoms with E-state index in [1.807, 2.05) is 29.6 Å². The molecule has 2 heterocycles. The standard InChI is InChI=1S/C21H19ClN2O3S2/c1-12(27-20(26)18-10-13-6-2-5-9-17(13)29-18)19(25)24-21-23-16(11-28-21)14-7-3-4-8-15(14)22/h3-4,7-8,10-12H,2,5-6,9H2,1H3,(H,23,24,25). The number of halogens is 1. The highest BCUT2D eigenvalue weighted by molar-refractivity contribution is 7.14. The number of fused-ring (bicyclic) bond motifs is 1. The highest BCUT2D eigenvalue weighted by Gasteiger charge is 2.23. The minimum absolute atomic E-state index is 0.417. The SMILES string of the molecule is CC(OC(=O)c1cc2c(s1)CCCC2)C(=O)Nc1nc(-c2ccccc2Cl)cs1. The number of nitrogens with zero attached hydrogens (tertiary/aromatic N) is 1. The predicted octanol–water partition coefficient (Wildman–Crippen LogP) is 5.59.